The average molecular weight is 250 g/mol. The first-order valence-electron chi connectivity index (χ1n) is 6.33. The Kier molecular flexibility index (Phi) is 6.87. The van der Waals surface area contributed by atoms with E-state index in [1.807, 2.05) is 24.3 Å². The van der Waals surface area contributed by atoms with Gasteiger partial charge >= 0.3 is 0 Å². The smallest absolute Gasteiger partial charge is 0.233 e. The summed E-state index contributed by atoms with van der Waals surface area (Å²) in [6.45, 7) is 3.82. The third-order valence-electron chi connectivity index (χ3n) is 2.52. The van der Waals surface area contributed by atoms with Gasteiger partial charge in [0, 0.05) is 6.54 Å². The summed E-state index contributed by atoms with van der Waals surface area (Å²) in [5.41, 5.74) is 1.23. The zero-order chi connectivity index (χ0) is 13.2. The van der Waals surface area contributed by atoms with Gasteiger partial charge in [0.1, 0.15) is 5.75 Å². The van der Waals surface area contributed by atoms with Crippen LogP contribution in [0.15, 0.2) is 24.3 Å². The molecular formula is C14H22N2O2. The maximum atomic E-state index is 11.1. The Bertz CT molecular complexity index is 349. The van der Waals surface area contributed by atoms with E-state index in [0.717, 1.165) is 18.6 Å². The molecule has 18 heavy (non-hydrogen) atoms. The molecule has 1 aromatic rings. The lowest BCUT2D eigenvalue weighted by Crippen LogP contribution is -2.32. The zero-order valence-corrected chi connectivity index (χ0v) is 11.2. The number of benzene rings is 1. The molecule has 0 aliphatic heterocycles. The molecule has 2 N–H and O–H groups in total. The monoisotopic (exact) mass is 250 g/mol. The first-order valence-corrected chi connectivity index (χ1v) is 6.33. The van der Waals surface area contributed by atoms with Crippen molar-refractivity contribution in [3.05, 3.63) is 29.8 Å². The van der Waals surface area contributed by atoms with Crippen LogP contribution in [0.5, 0.6) is 5.75 Å². The van der Waals surface area contributed by atoms with Crippen LogP contribution in [0.1, 0.15) is 18.4 Å². The first-order chi connectivity index (χ1) is 8.72. The van der Waals surface area contributed by atoms with Gasteiger partial charge in [0.15, 0.2) is 0 Å². The van der Waals surface area contributed by atoms with Crippen LogP contribution in [0.4, 0.5) is 0 Å². The normalized spacial score (nSPS) is 10.1. The van der Waals surface area contributed by atoms with Crippen LogP contribution < -0.4 is 15.4 Å². The van der Waals surface area contributed by atoms with E-state index in [1.54, 1.807) is 7.05 Å². The molecule has 1 aromatic carbocycles. The molecule has 4 nitrogen and oxygen atoms in total. The van der Waals surface area contributed by atoms with Crippen LogP contribution in [-0.4, -0.2) is 32.7 Å². The van der Waals surface area contributed by atoms with Gasteiger partial charge in [0.05, 0.1) is 13.2 Å². The third kappa shape index (κ3) is 6.25. The largest absolute Gasteiger partial charge is 0.494 e. The molecule has 0 spiro atoms. The fourth-order valence-corrected chi connectivity index (χ4v) is 1.50. The summed E-state index contributed by atoms with van der Waals surface area (Å²) in [4.78, 5) is 11.1. The Morgan fingerprint density at radius 3 is 2.61 bits per heavy atom. The van der Waals surface area contributed by atoms with E-state index >= 15 is 0 Å². The van der Waals surface area contributed by atoms with Crippen molar-refractivity contribution in [3.63, 3.8) is 0 Å². The van der Waals surface area contributed by atoms with Gasteiger partial charge in [-0.2, -0.15) is 0 Å². The van der Waals surface area contributed by atoms with Gasteiger partial charge < -0.3 is 15.4 Å². The molecule has 0 aliphatic carbocycles. The fourth-order valence-electron chi connectivity index (χ4n) is 1.50. The van der Waals surface area contributed by atoms with E-state index in [0.29, 0.717) is 19.7 Å². The fraction of sp³-hybridized carbons (Fsp3) is 0.500. The summed E-state index contributed by atoms with van der Waals surface area (Å²) >= 11 is 0. The quantitative estimate of drug-likeness (QED) is 0.687. The summed E-state index contributed by atoms with van der Waals surface area (Å²) in [6, 6.07) is 8.02. The molecule has 1 amide bonds. The number of nitrogens with one attached hydrogen (secondary N) is 2. The minimum atomic E-state index is 0.0388. The summed E-state index contributed by atoms with van der Waals surface area (Å²) in [6.07, 6.45) is 1.87. The lowest BCUT2D eigenvalue weighted by molar-refractivity contribution is -0.120. The van der Waals surface area contributed by atoms with Crippen LogP contribution >= 0.6 is 0 Å². The Morgan fingerprint density at radius 2 is 1.94 bits per heavy atom. The predicted octanol–water partition coefficient (Wildman–Crippen LogP) is 1.49. The van der Waals surface area contributed by atoms with Crippen molar-refractivity contribution < 1.29 is 9.53 Å². The number of carbonyl (C=O) groups excluding carboxylic acids is 1. The number of rotatable bonds is 8. The van der Waals surface area contributed by atoms with Crippen LogP contribution in [0, 0.1) is 6.92 Å². The van der Waals surface area contributed by atoms with Crippen molar-refractivity contribution in [1.29, 1.82) is 0 Å². The molecule has 100 valence electrons. The number of unbranched alkanes of at least 4 members (excludes halogenated alkanes) is 1. The van der Waals surface area contributed by atoms with Crippen molar-refractivity contribution in [2.45, 2.75) is 19.8 Å². The van der Waals surface area contributed by atoms with Gasteiger partial charge in [0.25, 0.3) is 0 Å². The minimum absolute atomic E-state index is 0.0388. The lowest BCUT2D eigenvalue weighted by Gasteiger charge is -2.07. The van der Waals surface area contributed by atoms with Crippen molar-refractivity contribution in [1.82, 2.24) is 10.6 Å². The number of hydrogen-bond acceptors (Lipinski definition) is 3. The Morgan fingerprint density at radius 1 is 1.22 bits per heavy atom. The Labute approximate surface area is 109 Å². The highest BCUT2D eigenvalue weighted by molar-refractivity contribution is 5.77. The van der Waals surface area contributed by atoms with E-state index in [4.69, 9.17) is 4.74 Å². The van der Waals surface area contributed by atoms with Gasteiger partial charge in [0.2, 0.25) is 5.91 Å². The van der Waals surface area contributed by atoms with E-state index in [9.17, 15) is 4.79 Å². The number of hydrogen-bond donors (Lipinski definition) is 2. The average Bonchev–Trinajstić information content (AvgIpc) is 2.36. The van der Waals surface area contributed by atoms with Crippen LogP contribution in [0.25, 0.3) is 0 Å². The van der Waals surface area contributed by atoms with Crippen molar-refractivity contribution >= 4 is 5.91 Å². The van der Waals surface area contributed by atoms with Gasteiger partial charge in [-0.3, -0.25) is 4.79 Å². The second-order valence-corrected chi connectivity index (χ2v) is 4.25. The van der Waals surface area contributed by atoms with Crippen LogP contribution in [-0.2, 0) is 4.79 Å². The Hall–Kier alpha value is -1.55. The second kappa shape index (κ2) is 8.53. The predicted molar refractivity (Wildman–Crippen MR) is 72.8 cm³/mol. The van der Waals surface area contributed by atoms with Gasteiger partial charge in [-0.25, -0.2) is 0 Å². The minimum Gasteiger partial charge on any atom is -0.494 e. The van der Waals surface area contributed by atoms with Crippen molar-refractivity contribution in [2.24, 2.45) is 0 Å². The molecule has 0 aliphatic rings. The van der Waals surface area contributed by atoms with Crippen LogP contribution in [0.3, 0.4) is 0 Å². The maximum absolute atomic E-state index is 11.1. The lowest BCUT2D eigenvalue weighted by atomic mass is 10.2. The molecule has 4 heteroatoms. The molecule has 0 atom stereocenters. The number of aryl methyl sites for hydroxylation is 1. The van der Waals surface area contributed by atoms with Crippen molar-refractivity contribution in [2.75, 3.05) is 26.7 Å². The molecule has 0 fully saturated rings. The van der Waals surface area contributed by atoms with Gasteiger partial charge in [-0.05, 0) is 38.9 Å². The third-order valence-corrected chi connectivity index (χ3v) is 2.52. The molecule has 0 bridgehead atoms. The second-order valence-electron chi connectivity index (χ2n) is 4.25. The maximum Gasteiger partial charge on any atom is 0.233 e. The molecule has 0 saturated carbocycles. The highest BCUT2D eigenvalue weighted by Gasteiger charge is 1.97. The molecular weight excluding hydrogens is 228 g/mol. The topological polar surface area (TPSA) is 50.4 Å². The summed E-state index contributed by atoms with van der Waals surface area (Å²) in [5.74, 6) is 0.941. The number of carbonyl (C=O) groups is 1. The number of likely N-dealkylation sites (N-methyl/N-ethyl adjacent to an activating group) is 1. The van der Waals surface area contributed by atoms with E-state index in [2.05, 4.69) is 17.6 Å². The summed E-state index contributed by atoms with van der Waals surface area (Å²) in [7, 11) is 1.76. The highest BCUT2D eigenvalue weighted by Crippen LogP contribution is 2.11. The zero-order valence-electron chi connectivity index (χ0n) is 11.2. The Balaban J connectivity index is 2.02. The molecule has 0 aromatic heterocycles. The van der Waals surface area contributed by atoms with Crippen LogP contribution in [0.2, 0.25) is 0 Å². The van der Waals surface area contributed by atoms with Crippen molar-refractivity contribution in [3.8, 4) is 5.75 Å². The summed E-state index contributed by atoms with van der Waals surface area (Å²) < 4.78 is 5.59. The number of ether oxygens (including phenoxy) is 1. The van der Waals surface area contributed by atoms with Gasteiger partial charge in [-0.15, -0.1) is 0 Å². The first kappa shape index (κ1) is 14.5. The highest BCUT2D eigenvalue weighted by atomic mass is 16.5. The van der Waals surface area contributed by atoms with Gasteiger partial charge in [-0.1, -0.05) is 17.7 Å². The summed E-state index contributed by atoms with van der Waals surface area (Å²) in [5, 5.41) is 5.64. The molecule has 0 unspecified atom stereocenters. The molecule has 0 radical (unpaired) electrons. The van der Waals surface area contributed by atoms with E-state index < -0.39 is 0 Å². The molecule has 1 rings (SSSR count). The van der Waals surface area contributed by atoms with E-state index in [1.165, 1.54) is 5.56 Å². The molecule has 0 saturated heterocycles. The SMILES string of the molecule is CNCC(=O)NCCCCOc1ccc(C)cc1. The van der Waals surface area contributed by atoms with E-state index in [-0.39, 0.29) is 5.91 Å². The molecule has 0 heterocycles. The standard InChI is InChI=1S/C14H22N2O2/c1-12-5-7-13(8-6-12)18-10-4-3-9-16-14(17)11-15-2/h5-8,15H,3-4,9-11H2,1-2H3,(H,16,17). The number of amides is 1.